The number of rotatable bonds is 1. The fourth-order valence-corrected chi connectivity index (χ4v) is 2.24. The molecule has 0 aromatic rings. The van der Waals surface area contributed by atoms with Crippen LogP contribution in [0, 0.1) is 0 Å². The SMILES string of the molecule is C1CCNCC1.CC(C)N.CC(C)NC(=O)N1CCCCC1. The maximum Gasteiger partial charge on any atom is 0.317 e. The molecule has 0 aromatic carbocycles. The molecule has 0 atom stereocenters. The zero-order valence-electron chi connectivity index (χ0n) is 15.2. The second-order valence-electron chi connectivity index (χ2n) is 6.71. The molecule has 5 heteroatoms. The molecule has 0 saturated carbocycles. The van der Waals surface area contributed by atoms with Gasteiger partial charge in [0.15, 0.2) is 0 Å². The van der Waals surface area contributed by atoms with Gasteiger partial charge in [-0.2, -0.15) is 0 Å². The average molecular weight is 315 g/mol. The number of piperidine rings is 2. The summed E-state index contributed by atoms with van der Waals surface area (Å²) in [5, 5.41) is 6.18. The van der Waals surface area contributed by atoms with Crippen molar-refractivity contribution in [2.24, 2.45) is 5.73 Å². The first kappa shape index (κ1) is 21.2. The lowest BCUT2D eigenvalue weighted by Gasteiger charge is -2.27. The van der Waals surface area contributed by atoms with Gasteiger partial charge in [0, 0.05) is 19.1 Å². The van der Waals surface area contributed by atoms with Crippen molar-refractivity contribution in [3.8, 4) is 0 Å². The molecule has 0 unspecified atom stereocenters. The number of hydrogen-bond donors (Lipinski definition) is 3. The van der Waals surface area contributed by atoms with Gasteiger partial charge in [0.05, 0.1) is 0 Å². The lowest BCUT2D eigenvalue weighted by Crippen LogP contribution is -2.45. The normalized spacial score (nSPS) is 18.0. The minimum absolute atomic E-state index is 0.102. The van der Waals surface area contributed by atoms with Gasteiger partial charge in [-0.3, -0.25) is 0 Å². The molecule has 0 bridgehead atoms. The lowest BCUT2D eigenvalue weighted by molar-refractivity contribution is 0.184. The van der Waals surface area contributed by atoms with Gasteiger partial charge in [-0.25, -0.2) is 4.79 Å². The summed E-state index contributed by atoms with van der Waals surface area (Å²) in [5.41, 5.74) is 5.11. The van der Waals surface area contributed by atoms with Gasteiger partial charge in [0.2, 0.25) is 0 Å². The maximum absolute atomic E-state index is 11.4. The zero-order chi connectivity index (χ0) is 16.8. The van der Waals surface area contributed by atoms with E-state index in [9.17, 15) is 4.79 Å². The Balaban J connectivity index is 0.000000366. The molecule has 4 N–H and O–H groups in total. The van der Waals surface area contributed by atoms with Crippen LogP contribution in [0.15, 0.2) is 0 Å². The van der Waals surface area contributed by atoms with Gasteiger partial charge >= 0.3 is 6.03 Å². The molecule has 0 aromatic heterocycles. The fourth-order valence-electron chi connectivity index (χ4n) is 2.24. The first-order chi connectivity index (χ1) is 10.4. The van der Waals surface area contributed by atoms with E-state index in [1.807, 2.05) is 32.6 Å². The van der Waals surface area contributed by atoms with Crippen LogP contribution in [0.3, 0.4) is 0 Å². The second-order valence-corrected chi connectivity index (χ2v) is 6.71. The van der Waals surface area contributed by atoms with Crippen molar-refractivity contribution in [3.05, 3.63) is 0 Å². The van der Waals surface area contributed by atoms with Gasteiger partial charge < -0.3 is 21.3 Å². The Bertz CT molecular complexity index is 245. The molecular formula is C17H38N4O. The quantitative estimate of drug-likeness (QED) is 0.697. The summed E-state index contributed by atoms with van der Waals surface area (Å²) in [6.07, 6.45) is 7.80. The number of nitrogens with two attached hydrogens (primary N) is 1. The third-order valence-corrected chi connectivity index (χ3v) is 3.26. The topological polar surface area (TPSA) is 70.4 Å². The third kappa shape index (κ3) is 14.1. The summed E-state index contributed by atoms with van der Waals surface area (Å²) in [7, 11) is 0. The Labute approximate surface area is 137 Å². The number of likely N-dealkylation sites (tertiary alicyclic amines) is 1. The molecule has 2 amide bonds. The molecule has 2 aliphatic rings. The van der Waals surface area contributed by atoms with Gasteiger partial charge in [-0.15, -0.1) is 0 Å². The molecule has 2 rings (SSSR count). The van der Waals surface area contributed by atoms with Gasteiger partial charge in [-0.05, 0) is 65.1 Å². The molecule has 0 spiro atoms. The first-order valence-electron chi connectivity index (χ1n) is 8.95. The van der Waals surface area contributed by atoms with Crippen molar-refractivity contribution in [2.75, 3.05) is 26.2 Å². The Hall–Kier alpha value is -0.810. The molecular weight excluding hydrogens is 276 g/mol. The molecule has 0 radical (unpaired) electrons. The molecule has 2 aliphatic heterocycles. The highest BCUT2D eigenvalue weighted by Gasteiger charge is 2.16. The summed E-state index contributed by atoms with van der Waals surface area (Å²) in [5.74, 6) is 0. The van der Waals surface area contributed by atoms with Crippen LogP contribution in [0.25, 0.3) is 0 Å². The van der Waals surface area contributed by atoms with E-state index in [1.165, 1.54) is 38.8 Å². The van der Waals surface area contributed by atoms with Crippen molar-refractivity contribution in [2.45, 2.75) is 78.3 Å². The van der Waals surface area contributed by atoms with Crippen LogP contribution >= 0.6 is 0 Å². The molecule has 0 aliphatic carbocycles. The summed E-state index contributed by atoms with van der Waals surface area (Å²) in [6, 6.07) is 0.684. The van der Waals surface area contributed by atoms with Crippen molar-refractivity contribution >= 4 is 6.03 Å². The van der Waals surface area contributed by atoms with Crippen molar-refractivity contribution in [3.63, 3.8) is 0 Å². The molecule has 2 heterocycles. The number of carbonyl (C=O) groups excluding carboxylic acids is 1. The van der Waals surface area contributed by atoms with Crippen LogP contribution in [0.2, 0.25) is 0 Å². The number of carbonyl (C=O) groups is 1. The molecule has 22 heavy (non-hydrogen) atoms. The van der Waals surface area contributed by atoms with Crippen LogP contribution in [0.5, 0.6) is 0 Å². The minimum Gasteiger partial charge on any atom is -0.336 e. The summed E-state index contributed by atoms with van der Waals surface area (Å²) >= 11 is 0. The van der Waals surface area contributed by atoms with Crippen LogP contribution in [0.1, 0.15) is 66.2 Å². The third-order valence-electron chi connectivity index (χ3n) is 3.26. The monoisotopic (exact) mass is 314 g/mol. The highest BCUT2D eigenvalue weighted by molar-refractivity contribution is 5.74. The zero-order valence-corrected chi connectivity index (χ0v) is 15.2. The summed E-state index contributed by atoms with van der Waals surface area (Å²) in [6.45, 7) is 12.2. The number of amides is 2. The molecule has 2 saturated heterocycles. The smallest absolute Gasteiger partial charge is 0.317 e. The average Bonchev–Trinajstić information content (AvgIpc) is 2.49. The lowest BCUT2D eigenvalue weighted by atomic mass is 10.1. The van der Waals surface area contributed by atoms with E-state index < -0.39 is 0 Å². The van der Waals surface area contributed by atoms with Crippen LogP contribution < -0.4 is 16.4 Å². The maximum atomic E-state index is 11.4. The van der Waals surface area contributed by atoms with E-state index >= 15 is 0 Å². The highest BCUT2D eigenvalue weighted by atomic mass is 16.2. The number of nitrogens with one attached hydrogen (secondary N) is 2. The van der Waals surface area contributed by atoms with Gasteiger partial charge in [0.1, 0.15) is 0 Å². The molecule has 2 fully saturated rings. The second kappa shape index (κ2) is 13.8. The number of hydrogen-bond acceptors (Lipinski definition) is 3. The summed E-state index contributed by atoms with van der Waals surface area (Å²) < 4.78 is 0. The van der Waals surface area contributed by atoms with Crippen LogP contribution in [-0.4, -0.2) is 49.2 Å². The number of nitrogens with zero attached hydrogens (tertiary/aromatic N) is 1. The van der Waals surface area contributed by atoms with Crippen molar-refractivity contribution < 1.29 is 4.79 Å². The van der Waals surface area contributed by atoms with Crippen molar-refractivity contribution in [1.29, 1.82) is 0 Å². The van der Waals surface area contributed by atoms with E-state index in [0.717, 1.165) is 25.9 Å². The Morgan fingerprint density at radius 2 is 1.41 bits per heavy atom. The predicted molar refractivity (Wildman–Crippen MR) is 95.1 cm³/mol. The van der Waals surface area contributed by atoms with E-state index in [2.05, 4.69) is 10.6 Å². The van der Waals surface area contributed by atoms with E-state index in [1.54, 1.807) is 0 Å². The predicted octanol–water partition coefficient (Wildman–Crippen LogP) is 2.70. The Kier molecular flexibility index (Phi) is 13.3. The fraction of sp³-hybridized carbons (Fsp3) is 0.941. The van der Waals surface area contributed by atoms with Gasteiger partial charge in [0.25, 0.3) is 0 Å². The Morgan fingerprint density at radius 3 is 1.73 bits per heavy atom. The van der Waals surface area contributed by atoms with Gasteiger partial charge in [-0.1, -0.05) is 20.3 Å². The van der Waals surface area contributed by atoms with E-state index in [-0.39, 0.29) is 12.1 Å². The largest absolute Gasteiger partial charge is 0.336 e. The minimum atomic E-state index is 0.102. The standard InChI is InChI=1S/C9H18N2O.C5H11N.C3H9N/c1-8(2)10-9(12)11-6-4-3-5-7-11;1-2-4-6-5-3-1;1-3(2)4/h8H,3-7H2,1-2H3,(H,10,12);6H,1-5H2;3H,4H2,1-2H3. The van der Waals surface area contributed by atoms with Crippen molar-refractivity contribution in [1.82, 2.24) is 15.5 Å². The van der Waals surface area contributed by atoms with Crippen LogP contribution in [-0.2, 0) is 0 Å². The Morgan fingerprint density at radius 1 is 0.955 bits per heavy atom. The first-order valence-corrected chi connectivity index (χ1v) is 8.95. The van der Waals surface area contributed by atoms with E-state index in [4.69, 9.17) is 5.73 Å². The van der Waals surface area contributed by atoms with Crippen LogP contribution in [0.4, 0.5) is 4.79 Å². The molecule has 5 nitrogen and oxygen atoms in total. The summed E-state index contributed by atoms with van der Waals surface area (Å²) in [4.78, 5) is 13.3. The molecule has 132 valence electrons. The highest BCUT2D eigenvalue weighted by Crippen LogP contribution is 2.08. The van der Waals surface area contributed by atoms with E-state index in [0.29, 0.717) is 6.04 Å². The number of urea groups is 1.